The number of carbonyl (C=O) groups excluding carboxylic acids is 1. The second-order valence-electron chi connectivity index (χ2n) is 6.48. The number of nitrogens with zero attached hydrogens (tertiary/aromatic N) is 2. The number of aromatic nitrogens is 2. The van der Waals surface area contributed by atoms with Gasteiger partial charge in [0.2, 0.25) is 0 Å². The summed E-state index contributed by atoms with van der Waals surface area (Å²) >= 11 is 6.14. The van der Waals surface area contributed by atoms with Crippen molar-refractivity contribution in [3.05, 3.63) is 81.6 Å². The van der Waals surface area contributed by atoms with Crippen molar-refractivity contribution in [3.63, 3.8) is 0 Å². The van der Waals surface area contributed by atoms with E-state index >= 15 is 0 Å². The third-order valence-electron chi connectivity index (χ3n) is 4.47. The third-order valence-corrected chi connectivity index (χ3v) is 4.79. The molecule has 3 aromatic rings. The lowest BCUT2D eigenvalue weighted by molar-refractivity contribution is 0.0951. The van der Waals surface area contributed by atoms with Gasteiger partial charge in [0.1, 0.15) is 12.4 Å². The van der Waals surface area contributed by atoms with Gasteiger partial charge in [-0.3, -0.25) is 9.48 Å². The first-order chi connectivity index (χ1) is 12.9. The van der Waals surface area contributed by atoms with Crippen molar-refractivity contribution >= 4 is 17.5 Å². The van der Waals surface area contributed by atoms with Crippen LogP contribution in [0.5, 0.6) is 5.75 Å². The molecule has 1 heterocycles. The fourth-order valence-corrected chi connectivity index (χ4v) is 2.80. The molecule has 0 aliphatic rings. The number of halogens is 1. The van der Waals surface area contributed by atoms with Crippen molar-refractivity contribution in [2.75, 3.05) is 0 Å². The number of carbonyl (C=O) groups is 1. The average molecular weight is 384 g/mol. The normalized spacial score (nSPS) is 10.7. The van der Waals surface area contributed by atoms with Crippen molar-refractivity contribution < 1.29 is 9.53 Å². The summed E-state index contributed by atoms with van der Waals surface area (Å²) in [4.78, 5) is 12.3. The molecule has 0 fully saturated rings. The van der Waals surface area contributed by atoms with E-state index in [4.69, 9.17) is 16.3 Å². The van der Waals surface area contributed by atoms with E-state index in [1.807, 2.05) is 51.2 Å². The lowest BCUT2D eigenvalue weighted by Crippen LogP contribution is -2.23. The zero-order valence-corrected chi connectivity index (χ0v) is 16.4. The van der Waals surface area contributed by atoms with Crippen LogP contribution in [-0.2, 0) is 20.2 Å². The maximum Gasteiger partial charge on any atom is 0.251 e. The van der Waals surface area contributed by atoms with Crippen LogP contribution in [0.3, 0.4) is 0 Å². The minimum atomic E-state index is -0.118. The van der Waals surface area contributed by atoms with Crippen LogP contribution in [0.25, 0.3) is 0 Å². The number of rotatable bonds is 6. The molecule has 1 amide bonds. The Kier molecular flexibility index (Phi) is 5.81. The predicted molar refractivity (Wildman–Crippen MR) is 106 cm³/mol. The van der Waals surface area contributed by atoms with E-state index in [-0.39, 0.29) is 5.91 Å². The van der Waals surface area contributed by atoms with Crippen molar-refractivity contribution in [2.45, 2.75) is 27.0 Å². The van der Waals surface area contributed by atoms with Gasteiger partial charge in [0.25, 0.3) is 5.91 Å². The Hall–Kier alpha value is -2.79. The molecule has 0 unspecified atom stereocenters. The number of ether oxygens (including phenoxy) is 1. The first kappa shape index (κ1) is 19.0. The van der Waals surface area contributed by atoms with Gasteiger partial charge < -0.3 is 10.1 Å². The van der Waals surface area contributed by atoms with Crippen molar-refractivity contribution in [3.8, 4) is 5.75 Å². The van der Waals surface area contributed by atoms with Gasteiger partial charge in [0.05, 0.1) is 11.2 Å². The van der Waals surface area contributed by atoms with E-state index in [0.29, 0.717) is 29.5 Å². The molecule has 0 bridgehead atoms. The number of hydrogen-bond donors (Lipinski definition) is 1. The van der Waals surface area contributed by atoms with Crippen LogP contribution in [0, 0.1) is 13.8 Å². The van der Waals surface area contributed by atoms with E-state index in [0.717, 1.165) is 22.4 Å². The molecular weight excluding hydrogens is 362 g/mol. The maximum absolute atomic E-state index is 12.3. The standard InChI is InChI=1S/C21H22ClN3O2/c1-14-4-9-19(22)20(10-14)27-13-16-5-7-17(8-6-16)21(26)23-11-18-12-24-25(3)15(18)2/h4-10,12H,11,13H2,1-3H3,(H,23,26). The summed E-state index contributed by atoms with van der Waals surface area (Å²) in [5.41, 5.74) is 4.70. The number of hydrogen-bond acceptors (Lipinski definition) is 3. The zero-order chi connectivity index (χ0) is 19.4. The second-order valence-corrected chi connectivity index (χ2v) is 6.89. The van der Waals surface area contributed by atoms with Crippen LogP contribution in [0.1, 0.15) is 32.7 Å². The molecule has 2 aromatic carbocycles. The number of nitrogens with one attached hydrogen (secondary N) is 1. The fraction of sp³-hybridized carbons (Fsp3) is 0.238. The first-order valence-electron chi connectivity index (χ1n) is 8.67. The molecule has 0 aliphatic carbocycles. The van der Waals surface area contributed by atoms with Gasteiger partial charge >= 0.3 is 0 Å². The van der Waals surface area contributed by atoms with E-state index in [1.165, 1.54) is 0 Å². The second kappa shape index (κ2) is 8.27. The van der Waals surface area contributed by atoms with Gasteiger partial charge in [-0.05, 0) is 49.2 Å². The molecule has 1 N–H and O–H groups in total. The Labute approximate surface area is 163 Å². The Bertz CT molecular complexity index is 949. The summed E-state index contributed by atoms with van der Waals surface area (Å²) in [6.07, 6.45) is 1.77. The maximum atomic E-state index is 12.3. The number of benzene rings is 2. The molecule has 1 aromatic heterocycles. The molecule has 0 saturated carbocycles. The van der Waals surface area contributed by atoms with Gasteiger partial charge in [-0.2, -0.15) is 5.10 Å². The van der Waals surface area contributed by atoms with Gasteiger partial charge in [-0.1, -0.05) is 29.8 Å². The van der Waals surface area contributed by atoms with Gasteiger partial charge in [-0.15, -0.1) is 0 Å². The molecule has 140 valence electrons. The van der Waals surface area contributed by atoms with E-state index in [9.17, 15) is 4.79 Å². The summed E-state index contributed by atoms with van der Waals surface area (Å²) in [6, 6.07) is 13.0. The average Bonchev–Trinajstić information content (AvgIpc) is 2.99. The van der Waals surface area contributed by atoms with Crippen molar-refractivity contribution in [2.24, 2.45) is 7.05 Å². The summed E-state index contributed by atoms with van der Waals surface area (Å²) in [5, 5.41) is 7.68. The Morgan fingerprint density at radius 1 is 1.19 bits per heavy atom. The highest BCUT2D eigenvalue weighted by molar-refractivity contribution is 6.32. The lowest BCUT2D eigenvalue weighted by Gasteiger charge is -2.10. The van der Waals surface area contributed by atoms with Gasteiger partial charge in [-0.25, -0.2) is 0 Å². The molecule has 5 nitrogen and oxygen atoms in total. The fourth-order valence-electron chi connectivity index (χ4n) is 2.63. The highest BCUT2D eigenvalue weighted by Gasteiger charge is 2.09. The van der Waals surface area contributed by atoms with E-state index in [1.54, 1.807) is 23.0 Å². The first-order valence-corrected chi connectivity index (χ1v) is 9.05. The SMILES string of the molecule is Cc1ccc(Cl)c(OCc2ccc(C(=O)NCc3cnn(C)c3C)cc2)c1. The number of amides is 1. The van der Waals surface area contributed by atoms with E-state index < -0.39 is 0 Å². The van der Waals surface area contributed by atoms with Crippen LogP contribution in [-0.4, -0.2) is 15.7 Å². The Balaban J connectivity index is 1.57. The smallest absolute Gasteiger partial charge is 0.251 e. The molecule has 3 rings (SSSR count). The highest BCUT2D eigenvalue weighted by atomic mass is 35.5. The molecule has 0 saturated heterocycles. The Morgan fingerprint density at radius 2 is 1.93 bits per heavy atom. The Morgan fingerprint density at radius 3 is 2.59 bits per heavy atom. The third kappa shape index (κ3) is 4.68. The largest absolute Gasteiger partial charge is 0.487 e. The van der Waals surface area contributed by atoms with Crippen molar-refractivity contribution in [1.82, 2.24) is 15.1 Å². The summed E-state index contributed by atoms with van der Waals surface area (Å²) in [6.45, 7) is 4.81. The molecule has 0 aliphatic heterocycles. The topological polar surface area (TPSA) is 56.1 Å². The predicted octanol–water partition coefficient (Wildman–Crippen LogP) is 4.20. The van der Waals surface area contributed by atoms with Crippen LogP contribution in [0.2, 0.25) is 5.02 Å². The minimum absolute atomic E-state index is 0.118. The molecule has 0 radical (unpaired) electrons. The minimum Gasteiger partial charge on any atom is -0.487 e. The van der Waals surface area contributed by atoms with Gasteiger partial charge in [0.15, 0.2) is 0 Å². The molecule has 6 heteroatoms. The zero-order valence-electron chi connectivity index (χ0n) is 15.6. The van der Waals surface area contributed by atoms with Crippen molar-refractivity contribution in [1.29, 1.82) is 0 Å². The van der Waals surface area contributed by atoms with Gasteiger partial charge in [0, 0.05) is 30.4 Å². The summed E-state index contributed by atoms with van der Waals surface area (Å²) in [5.74, 6) is 0.540. The molecule has 0 spiro atoms. The monoisotopic (exact) mass is 383 g/mol. The van der Waals surface area contributed by atoms with Crippen LogP contribution < -0.4 is 10.1 Å². The summed E-state index contributed by atoms with van der Waals surface area (Å²) in [7, 11) is 1.88. The summed E-state index contributed by atoms with van der Waals surface area (Å²) < 4.78 is 7.57. The van der Waals surface area contributed by atoms with Crippen LogP contribution >= 0.6 is 11.6 Å². The van der Waals surface area contributed by atoms with Crippen LogP contribution in [0.15, 0.2) is 48.7 Å². The molecule has 27 heavy (non-hydrogen) atoms. The number of aryl methyl sites for hydroxylation is 2. The molecule has 0 atom stereocenters. The quantitative estimate of drug-likeness (QED) is 0.694. The molecular formula is C21H22ClN3O2. The van der Waals surface area contributed by atoms with E-state index in [2.05, 4.69) is 10.4 Å². The highest BCUT2D eigenvalue weighted by Crippen LogP contribution is 2.26. The lowest BCUT2D eigenvalue weighted by atomic mass is 10.1. The van der Waals surface area contributed by atoms with Crippen LogP contribution in [0.4, 0.5) is 0 Å².